The lowest BCUT2D eigenvalue weighted by molar-refractivity contribution is -0.124. The molecule has 1 aliphatic rings. The van der Waals surface area contributed by atoms with Gasteiger partial charge in [0.15, 0.2) is 0 Å². The van der Waals surface area contributed by atoms with Gasteiger partial charge in [0.2, 0.25) is 5.91 Å². The minimum atomic E-state index is -0.394. The predicted molar refractivity (Wildman–Crippen MR) is 85.7 cm³/mol. The number of nitrogens with zero attached hydrogens (tertiary/aromatic N) is 1. The number of ether oxygens (including phenoxy) is 1. The number of aliphatic hydroxyl groups excluding tert-OH is 1. The Morgan fingerprint density at radius 2 is 2.14 bits per heavy atom. The normalized spacial score (nSPS) is 20.4. The molecule has 0 bridgehead atoms. The van der Waals surface area contributed by atoms with E-state index in [0.717, 1.165) is 37.1 Å². The minimum Gasteiger partial charge on any atom is -0.497 e. The van der Waals surface area contributed by atoms with Crippen molar-refractivity contribution < 1.29 is 14.6 Å². The number of likely N-dealkylation sites (tertiary alicyclic amines) is 1. The Morgan fingerprint density at radius 1 is 1.41 bits per heavy atom. The van der Waals surface area contributed by atoms with Crippen LogP contribution in [0.3, 0.4) is 0 Å². The SMILES string of the molecule is COc1ccc(CNC(=O)CN2CCCCC2C(C)O)cc1. The van der Waals surface area contributed by atoms with E-state index in [1.165, 1.54) is 0 Å². The van der Waals surface area contributed by atoms with Crippen LogP contribution in [-0.2, 0) is 11.3 Å². The topological polar surface area (TPSA) is 61.8 Å². The second-order valence-electron chi connectivity index (χ2n) is 5.90. The van der Waals surface area contributed by atoms with Gasteiger partial charge in [0.05, 0.1) is 19.8 Å². The third kappa shape index (κ3) is 4.71. The molecule has 5 nitrogen and oxygen atoms in total. The first kappa shape index (κ1) is 16.8. The quantitative estimate of drug-likeness (QED) is 0.837. The van der Waals surface area contributed by atoms with Gasteiger partial charge >= 0.3 is 0 Å². The van der Waals surface area contributed by atoms with Crippen LogP contribution in [0, 0.1) is 0 Å². The van der Waals surface area contributed by atoms with Crippen molar-refractivity contribution in [2.24, 2.45) is 0 Å². The van der Waals surface area contributed by atoms with Crippen molar-refractivity contribution >= 4 is 5.91 Å². The number of carbonyl (C=O) groups is 1. The maximum Gasteiger partial charge on any atom is 0.234 e. The van der Waals surface area contributed by atoms with E-state index in [0.29, 0.717) is 13.1 Å². The summed E-state index contributed by atoms with van der Waals surface area (Å²) in [6, 6.07) is 7.75. The van der Waals surface area contributed by atoms with Gasteiger partial charge < -0.3 is 15.2 Å². The number of carbonyl (C=O) groups excluding carboxylic acids is 1. The van der Waals surface area contributed by atoms with Crippen molar-refractivity contribution in [3.63, 3.8) is 0 Å². The summed E-state index contributed by atoms with van der Waals surface area (Å²) in [5.74, 6) is 0.812. The fourth-order valence-corrected chi connectivity index (χ4v) is 2.94. The molecule has 5 heteroatoms. The highest BCUT2D eigenvalue weighted by Gasteiger charge is 2.27. The highest BCUT2D eigenvalue weighted by molar-refractivity contribution is 5.78. The van der Waals surface area contributed by atoms with E-state index in [1.807, 2.05) is 24.3 Å². The van der Waals surface area contributed by atoms with Gasteiger partial charge in [-0.15, -0.1) is 0 Å². The maximum absolute atomic E-state index is 12.1. The largest absolute Gasteiger partial charge is 0.497 e. The van der Waals surface area contributed by atoms with Crippen LogP contribution in [0.15, 0.2) is 24.3 Å². The van der Waals surface area contributed by atoms with E-state index >= 15 is 0 Å². The molecular weight excluding hydrogens is 280 g/mol. The Hall–Kier alpha value is -1.59. The van der Waals surface area contributed by atoms with Gasteiger partial charge in [0.1, 0.15) is 5.75 Å². The number of methoxy groups -OCH3 is 1. The van der Waals surface area contributed by atoms with E-state index in [2.05, 4.69) is 10.2 Å². The zero-order valence-corrected chi connectivity index (χ0v) is 13.4. The molecule has 0 radical (unpaired) electrons. The number of hydrogen-bond acceptors (Lipinski definition) is 4. The molecule has 22 heavy (non-hydrogen) atoms. The van der Waals surface area contributed by atoms with Gasteiger partial charge in [-0.1, -0.05) is 18.6 Å². The molecule has 2 N–H and O–H groups in total. The van der Waals surface area contributed by atoms with Crippen molar-refractivity contribution in [3.8, 4) is 5.75 Å². The molecule has 2 rings (SSSR count). The Bertz CT molecular complexity index is 473. The standard InChI is InChI=1S/C17H26N2O3/c1-13(20)16-5-3-4-10-19(16)12-17(21)18-11-14-6-8-15(22-2)9-7-14/h6-9,13,16,20H,3-5,10-12H2,1-2H3,(H,18,21). The predicted octanol–water partition coefficient (Wildman–Crippen LogP) is 1.55. The van der Waals surface area contributed by atoms with Gasteiger partial charge in [-0.3, -0.25) is 9.69 Å². The summed E-state index contributed by atoms with van der Waals surface area (Å²) in [5, 5.41) is 12.8. The van der Waals surface area contributed by atoms with Crippen LogP contribution in [0.5, 0.6) is 5.75 Å². The first-order chi connectivity index (χ1) is 10.6. The molecule has 2 unspecified atom stereocenters. The maximum atomic E-state index is 12.1. The number of benzene rings is 1. The van der Waals surface area contributed by atoms with Crippen LogP contribution in [0.25, 0.3) is 0 Å². The summed E-state index contributed by atoms with van der Waals surface area (Å²) >= 11 is 0. The highest BCUT2D eigenvalue weighted by atomic mass is 16.5. The van der Waals surface area contributed by atoms with E-state index in [1.54, 1.807) is 14.0 Å². The van der Waals surface area contributed by atoms with E-state index in [9.17, 15) is 9.90 Å². The fourth-order valence-electron chi connectivity index (χ4n) is 2.94. The van der Waals surface area contributed by atoms with Crippen LogP contribution >= 0.6 is 0 Å². The van der Waals surface area contributed by atoms with Gasteiger partial charge in [-0.25, -0.2) is 0 Å². The number of amides is 1. The zero-order chi connectivity index (χ0) is 15.9. The average Bonchev–Trinajstić information content (AvgIpc) is 2.53. The summed E-state index contributed by atoms with van der Waals surface area (Å²) in [6.07, 6.45) is 2.78. The number of nitrogens with one attached hydrogen (secondary N) is 1. The molecule has 1 fully saturated rings. The molecule has 122 valence electrons. The molecule has 1 aromatic carbocycles. The first-order valence-electron chi connectivity index (χ1n) is 7.92. The molecule has 0 aromatic heterocycles. The number of aliphatic hydroxyl groups is 1. The Balaban J connectivity index is 1.81. The number of piperidine rings is 1. The van der Waals surface area contributed by atoms with E-state index in [4.69, 9.17) is 4.74 Å². The molecule has 0 saturated carbocycles. The fraction of sp³-hybridized carbons (Fsp3) is 0.588. The molecule has 1 amide bonds. The molecule has 1 aliphatic heterocycles. The van der Waals surface area contributed by atoms with E-state index in [-0.39, 0.29) is 11.9 Å². The van der Waals surface area contributed by atoms with Gasteiger partial charge in [0.25, 0.3) is 0 Å². The van der Waals surface area contributed by atoms with Crippen molar-refractivity contribution in [3.05, 3.63) is 29.8 Å². The van der Waals surface area contributed by atoms with Gasteiger partial charge in [0, 0.05) is 12.6 Å². The molecule has 1 heterocycles. The Morgan fingerprint density at radius 3 is 2.77 bits per heavy atom. The first-order valence-corrected chi connectivity index (χ1v) is 7.92. The zero-order valence-electron chi connectivity index (χ0n) is 13.4. The lowest BCUT2D eigenvalue weighted by Gasteiger charge is -2.36. The summed E-state index contributed by atoms with van der Waals surface area (Å²) < 4.78 is 5.11. The molecule has 1 saturated heterocycles. The Labute approximate surface area is 132 Å². The van der Waals surface area contributed by atoms with Crippen LogP contribution in [-0.4, -0.2) is 48.3 Å². The number of hydrogen-bond donors (Lipinski definition) is 2. The third-order valence-electron chi connectivity index (χ3n) is 4.22. The van der Waals surface area contributed by atoms with Crippen molar-refractivity contribution in [2.75, 3.05) is 20.2 Å². The second-order valence-corrected chi connectivity index (χ2v) is 5.90. The Kier molecular flexibility index (Phi) is 6.21. The molecule has 1 aromatic rings. The smallest absolute Gasteiger partial charge is 0.234 e. The molecule has 0 aliphatic carbocycles. The summed E-state index contributed by atoms with van der Waals surface area (Å²) in [6.45, 7) is 3.55. The third-order valence-corrected chi connectivity index (χ3v) is 4.22. The van der Waals surface area contributed by atoms with E-state index < -0.39 is 6.10 Å². The summed E-state index contributed by atoms with van der Waals surface area (Å²) in [4.78, 5) is 14.2. The highest BCUT2D eigenvalue weighted by Crippen LogP contribution is 2.19. The van der Waals surface area contributed by atoms with Crippen LogP contribution in [0.2, 0.25) is 0 Å². The average molecular weight is 306 g/mol. The minimum absolute atomic E-state index is 0.00312. The number of rotatable bonds is 6. The van der Waals surface area contributed by atoms with Crippen LogP contribution < -0.4 is 10.1 Å². The molecular formula is C17H26N2O3. The summed E-state index contributed by atoms with van der Waals surface area (Å²) in [7, 11) is 1.63. The molecule has 0 spiro atoms. The lowest BCUT2D eigenvalue weighted by Crippen LogP contribution is -2.49. The second kappa shape index (κ2) is 8.15. The van der Waals surface area contributed by atoms with Crippen molar-refractivity contribution in [2.45, 2.75) is 44.9 Å². The van der Waals surface area contributed by atoms with Gasteiger partial charge in [-0.2, -0.15) is 0 Å². The van der Waals surface area contributed by atoms with Crippen LogP contribution in [0.1, 0.15) is 31.7 Å². The van der Waals surface area contributed by atoms with Crippen LogP contribution in [0.4, 0.5) is 0 Å². The lowest BCUT2D eigenvalue weighted by atomic mass is 9.98. The monoisotopic (exact) mass is 306 g/mol. The van der Waals surface area contributed by atoms with Gasteiger partial charge in [-0.05, 0) is 44.0 Å². The summed E-state index contributed by atoms with van der Waals surface area (Å²) in [5.41, 5.74) is 1.04. The molecule has 2 atom stereocenters. The van der Waals surface area contributed by atoms with Crippen molar-refractivity contribution in [1.29, 1.82) is 0 Å². The van der Waals surface area contributed by atoms with Crippen molar-refractivity contribution in [1.82, 2.24) is 10.2 Å².